The molecule has 0 aromatic heterocycles. The van der Waals surface area contributed by atoms with Crippen molar-refractivity contribution >= 4 is 29.3 Å². The Labute approximate surface area is 157 Å². The number of hydrazone groups is 1. The molecule has 3 rings (SSSR count). The molecule has 3 nitrogen and oxygen atoms in total. The quantitative estimate of drug-likeness (QED) is 0.494. The second-order valence-corrected chi connectivity index (χ2v) is 5.94. The molecule has 1 N–H and O–H groups in total. The van der Waals surface area contributed by atoms with E-state index in [1.807, 2.05) is 72.8 Å². The van der Waals surface area contributed by atoms with Crippen molar-refractivity contribution < 1.29 is 4.79 Å². The van der Waals surface area contributed by atoms with E-state index in [0.717, 1.165) is 11.1 Å². The van der Waals surface area contributed by atoms with Crippen molar-refractivity contribution in [2.45, 2.75) is 0 Å². The van der Waals surface area contributed by atoms with E-state index in [1.54, 1.807) is 24.3 Å². The Balaban J connectivity index is 1.86. The van der Waals surface area contributed by atoms with Gasteiger partial charge in [-0.3, -0.25) is 4.79 Å². The van der Waals surface area contributed by atoms with Gasteiger partial charge in [-0.05, 0) is 23.8 Å². The van der Waals surface area contributed by atoms with Crippen LogP contribution in [-0.4, -0.2) is 11.6 Å². The molecule has 0 saturated heterocycles. The number of rotatable bonds is 5. The Hall–Kier alpha value is -3.17. The predicted molar refractivity (Wildman–Crippen MR) is 107 cm³/mol. The van der Waals surface area contributed by atoms with Crippen LogP contribution in [0.2, 0.25) is 5.02 Å². The van der Waals surface area contributed by atoms with Gasteiger partial charge in [0.15, 0.2) is 0 Å². The molecule has 0 radical (unpaired) electrons. The molecule has 0 fully saturated rings. The summed E-state index contributed by atoms with van der Waals surface area (Å²) in [4.78, 5) is 12.3. The number of carbonyl (C=O) groups is 1. The first-order valence-corrected chi connectivity index (χ1v) is 8.53. The summed E-state index contributed by atoms with van der Waals surface area (Å²) in [5.41, 5.74) is 5.57. The Morgan fingerprint density at radius 1 is 0.846 bits per heavy atom. The first kappa shape index (κ1) is 17.6. The first-order chi connectivity index (χ1) is 12.7. The molecule has 3 aromatic carbocycles. The third-order valence-corrected chi connectivity index (χ3v) is 4.03. The molecule has 0 saturated carbocycles. The summed E-state index contributed by atoms with van der Waals surface area (Å²) in [5, 5.41) is 4.69. The van der Waals surface area contributed by atoms with E-state index >= 15 is 0 Å². The van der Waals surface area contributed by atoms with Crippen molar-refractivity contribution in [2.24, 2.45) is 5.10 Å². The van der Waals surface area contributed by atoms with Crippen LogP contribution in [0.3, 0.4) is 0 Å². The number of allylic oxidation sites excluding steroid dienone is 1. The SMILES string of the molecule is O=C(NN=C(/C=C\c1ccccc1)c1ccccc1)c1ccccc1Cl. The Bertz CT molecular complexity index is 935. The first-order valence-electron chi connectivity index (χ1n) is 8.15. The summed E-state index contributed by atoms with van der Waals surface area (Å²) in [6, 6.07) is 26.5. The zero-order valence-electron chi connectivity index (χ0n) is 14.0. The van der Waals surface area contributed by atoms with E-state index in [2.05, 4.69) is 10.5 Å². The van der Waals surface area contributed by atoms with E-state index in [-0.39, 0.29) is 5.91 Å². The fraction of sp³-hybridized carbons (Fsp3) is 0. The van der Waals surface area contributed by atoms with Crippen molar-refractivity contribution in [1.29, 1.82) is 0 Å². The van der Waals surface area contributed by atoms with Crippen molar-refractivity contribution in [2.75, 3.05) is 0 Å². The van der Waals surface area contributed by atoms with Gasteiger partial charge in [0.25, 0.3) is 5.91 Å². The number of carbonyl (C=O) groups excluding carboxylic acids is 1. The molecular formula is C22H17ClN2O. The van der Waals surface area contributed by atoms with E-state index < -0.39 is 0 Å². The Kier molecular flexibility index (Phi) is 5.96. The highest BCUT2D eigenvalue weighted by Gasteiger charge is 2.09. The molecular weight excluding hydrogens is 344 g/mol. The molecule has 0 spiro atoms. The molecule has 3 aromatic rings. The minimum Gasteiger partial charge on any atom is -0.267 e. The van der Waals surface area contributed by atoms with Crippen LogP contribution in [-0.2, 0) is 0 Å². The molecule has 1 amide bonds. The monoisotopic (exact) mass is 360 g/mol. The fourth-order valence-electron chi connectivity index (χ4n) is 2.36. The van der Waals surface area contributed by atoms with Crippen LogP contribution < -0.4 is 5.43 Å². The summed E-state index contributed by atoms with van der Waals surface area (Å²) in [5.74, 6) is -0.350. The van der Waals surface area contributed by atoms with Crippen LogP contribution >= 0.6 is 11.6 Å². The van der Waals surface area contributed by atoms with Gasteiger partial charge in [-0.1, -0.05) is 90.5 Å². The van der Waals surface area contributed by atoms with Crippen LogP contribution in [0.1, 0.15) is 21.5 Å². The highest BCUT2D eigenvalue weighted by atomic mass is 35.5. The lowest BCUT2D eigenvalue weighted by Gasteiger charge is -2.05. The van der Waals surface area contributed by atoms with Crippen molar-refractivity contribution in [3.05, 3.63) is 113 Å². The summed E-state index contributed by atoms with van der Waals surface area (Å²) in [7, 11) is 0. The smallest absolute Gasteiger partial charge is 0.267 e. The summed E-state index contributed by atoms with van der Waals surface area (Å²) < 4.78 is 0. The van der Waals surface area contributed by atoms with Crippen LogP contribution in [0.4, 0.5) is 0 Å². The third kappa shape index (κ3) is 4.68. The lowest BCUT2D eigenvalue weighted by molar-refractivity contribution is 0.0955. The van der Waals surface area contributed by atoms with Gasteiger partial charge in [0.2, 0.25) is 0 Å². The van der Waals surface area contributed by atoms with E-state index in [4.69, 9.17) is 11.6 Å². The van der Waals surface area contributed by atoms with Crippen molar-refractivity contribution in [3.8, 4) is 0 Å². The normalized spacial score (nSPS) is 11.5. The molecule has 0 unspecified atom stereocenters. The molecule has 0 aliphatic carbocycles. The van der Waals surface area contributed by atoms with Crippen molar-refractivity contribution in [3.63, 3.8) is 0 Å². The third-order valence-electron chi connectivity index (χ3n) is 3.70. The highest BCUT2D eigenvalue weighted by molar-refractivity contribution is 6.33. The van der Waals surface area contributed by atoms with E-state index in [9.17, 15) is 4.79 Å². The van der Waals surface area contributed by atoms with Gasteiger partial charge in [-0.25, -0.2) is 5.43 Å². The molecule has 26 heavy (non-hydrogen) atoms. The minimum atomic E-state index is -0.350. The van der Waals surface area contributed by atoms with Gasteiger partial charge < -0.3 is 0 Å². The van der Waals surface area contributed by atoms with Gasteiger partial charge in [0, 0.05) is 5.56 Å². The number of benzene rings is 3. The topological polar surface area (TPSA) is 41.5 Å². The second kappa shape index (κ2) is 8.79. The average Bonchev–Trinajstić information content (AvgIpc) is 2.69. The van der Waals surface area contributed by atoms with Gasteiger partial charge in [0.05, 0.1) is 16.3 Å². The molecule has 0 heterocycles. The maximum absolute atomic E-state index is 12.3. The lowest BCUT2D eigenvalue weighted by atomic mass is 10.1. The number of hydrogen-bond acceptors (Lipinski definition) is 2. The van der Waals surface area contributed by atoms with Crippen LogP contribution in [0.25, 0.3) is 6.08 Å². The molecule has 4 heteroatoms. The van der Waals surface area contributed by atoms with Gasteiger partial charge in [0.1, 0.15) is 0 Å². The molecule has 0 aliphatic heterocycles. The number of halogens is 1. The van der Waals surface area contributed by atoms with Gasteiger partial charge >= 0.3 is 0 Å². The van der Waals surface area contributed by atoms with E-state index in [0.29, 0.717) is 16.3 Å². The maximum Gasteiger partial charge on any atom is 0.272 e. The lowest BCUT2D eigenvalue weighted by Crippen LogP contribution is -2.20. The average molecular weight is 361 g/mol. The Morgan fingerprint density at radius 2 is 1.46 bits per heavy atom. The summed E-state index contributed by atoms with van der Waals surface area (Å²) in [6.45, 7) is 0. The van der Waals surface area contributed by atoms with Gasteiger partial charge in [-0.2, -0.15) is 5.10 Å². The highest BCUT2D eigenvalue weighted by Crippen LogP contribution is 2.14. The maximum atomic E-state index is 12.3. The van der Waals surface area contributed by atoms with Crippen LogP contribution in [0.5, 0.6) is 0 Å². The molecule has 0 bridgehead atoms. The minimum absolute atomic E-state index is 0.350. The van der Waals surface area contributed by atoms with Gasteiger partial charge in [-0.15, -0.1) is 0 Å². The number of nitrogens with one attached hydrogen (secondary N) is 1. The number of amides is 1. The Morgan fingerprint density at radius 3 is 2.15 bits per heavy atom. The molecule has 0 atom stereocenters. The molecule has 0 aliphatic rings. The zero-order chi connectivity index (χ0) is 18.2. The predicted octanol–water partition coefficient (Wildman–Crippen LogP) is 5.19. The van der Waals surface area contributed by atoms with Crippen LogP contribution in [0.15, 0.2) is 96.1 Å². The van der Waals surface area contributed by atoms with Crippen LogP contribution in [0, 0.1) is 0 Å². The largest absolute Gasteiger partial charge is 0.272 e. The standard InChI is InChI=1S/C22H17ClN2O/c23-20-14-8-7-13-19(20)22(26)25-24-21(18-11-5-2-6-12-18)16-15-17-9-3-1-4-10-17/h1-16H,(H,25,26)/b16-15-,24-21?. The van der Waals surface area contributed by atoms with Crippen molar-refractivity contribution in [1.82, 2.24) is 5.43 Å². The zero-order valence-corrected chi connectivity index (χ0v) is 14.7. The second-order valence-electron chi connectivity index (χ2n) is 5.53. The summed E-state index contributed by atoms with van der Waals surface area (Å²) >= 11 is 6.07. The van der Waals surface area contributed by atoms with E-state index in [1.165, 1.54) is 0 Å². The summed E-state index contributed by atoms with van der Waals surface area (Å²) in [6.07, 6.45) is 3.82. The number of hydrogen-bond donors (Lipinski definition) is 1. The number of nitrogens with zero attached hydrogens (tertiary/aromatic N) is 1. The molecule has 128 valence electrons. The fourth-order valence-corrected chi connectivity index (χ4v) is 2.58.